The molecule has 0 radical (unpaired) electrons. The number of carboxylic acid groups (broad SMARTS) is 1. The largest absolute Gasteiger partial charge is 0.478 e. The molecule has 4 heteroatoms. The molecule has 0 saturated heterocycles. The van der Waals surface area contributed by atoms with Gasteiger partial charge in [-0.2, -0.15) is 0 Å². The van der Waals surface area contributed by atoms with Crippen molar-refractivity contribution in [1.82, 2.24) is 5.32 Å². The fourth-order valence-corrected chi connectivity index (χ4v) is 1.81. The normalized spacial score (nSPS) is 21.1. The van der Waals surface area contributed by atoms with Gasteiger partial charge >= 0.3 is 5.97 Å². The zero-order valence-electron chi connectivity index (χ0n) is 7.67. The summed E-state index contributed by atoms with van der Waals surface area (Å²) in [6.07, 6.45) is 4.02. The summed E-state index contributed by atoms with van der Waals surface area (Å²) < 4.78 is 0. The third-order valence-corrected chi connectivity index (χ3v) is 2.59. The molecule has 2 rings (SSSR count). The van der Waals surface area contributed by atoms with Gasteiger partial charge in [-0.1, -0.05) is 0 Å². The number of allylic oxidation sites excluding steroid dienone is 2. The Bertz CT molecular complexity index is 366. The van der Waals surface area contributed by atoms with E-state index in [0.717, 1.165) is 18.5 Å². The minimum absolute atomic E-state index is 0.0885. The van der Waals surface area contributed by atoms with E-state index >= 15 is 0 Å². The fraction of sp³-hybridized carbons (Fsp3) is 0.400. The van der Waals surface area contributed by atoms with Gasteiger partial charge in [-0.05, 0) is 12.8 Å². The van der Waals surface area contributed by atoms with Crippen molar-refractivity contribution in [2.45, 2.75) is 25.7 Å². The standard InChI is InChI=1S/C10H11NO3/c12-9-3-1-2-8-7(9)4-6(5-11-8)10(13)14/h5,11H,1-4H2,(H,13,14). The number of carbonyl (C=O) groups is 2. The first-order valence-corrected chi connectivity index (χ1v) is 4.62. The topological polar surface area (TPSA) is 66.4 Å². The number of ketones is 1. The molecule has 2 aliphatic rings. The Morgan fingerprint density at radius 2 is 2.21 bits per heavy atom. The zero-order valence-corrected chi connectivity index (χ0v) is 7.67. The molecule has 0 atom stereocenters. The van der Waals surface area contributed by atoms with E-state index in [2.05, 4.69) is 5.32 Å². The van der Waals surface area contributed by atoms with Crippen LogP contribution in [0.3, 0.4) is 0 Å². The lowest BCUT2D eigenvalue weighted by Crippen LogP contribution is -2.25. The molecule has 0 amide bonds. The van der Waals surface area contributed by atoms with Crippen molar-refractivity contribution >= 4 is 11.8 Å². The van der Waals surface area contributed by atoms with E-state index in [1.165, 1.54) is 6.20 Å². The Hall–Kier alpha value is -1.58. The van der Waals surface area contributed by atoms with Gasteiger partial charge in [-0.25, -0.2) is 4.79 Å². The molecule has 1 aliphatic carbocycles. The molecule has 1 heterocycles. The molecule has 0 aromatic heterocycles. The highest BCUT2D eigenvalue weighted by atomic mass is 16.4. The zero-order chi connectivity index (χ0) is 10.1. The Morgan fingerprint density at radius 3 is 2.93 bits per heavy atom. The van der Waals surface area contributed by atoms with Gasteiger partial charge in [0.25, 0.3) is 0 Å². The van der Waals surface area contributed by atoms with Crippen LogP contribution >= 0.6 is 0 Å². The molecular weight excluding hydrogens is 182 g/mol. The number of carboxylic acids is 1. The summed E-state index contributed by atoms with van der Waals surface area (Å²) in [5.41, 5.74) is 1.83. The third-order valence-electron chi connectivity index (χ3n) is 2.59. The maximum Gasteiger partial charge on any atom is 0.333 e. The lowest BCUT2D eigenvalue weighted by Gasteiger charge is -2.23. The summed E-state index contributed by atoms with van der Waals surface area (Å²) in [4.78, 5) is 22.2. The molecule has 0 spiro atoms. The maximum atomic E-state index is 11.5. The van der Waals surface area contributed by atoms with Crippen LogP contribution in [-0.4, -0.2) is 16.9 Å². The van der Waals surface area contributed by atoms with E-state index in [1.807, 2.05) is 0 Å². The molecule has 74 valence electrons. The quantitative estimate of drug-likeness (QED) is 0.650. The van der Waals surface area contributed by atoms with E-state index in [1.54, 1.807) is 0 Å². The lowest BCUT2D eigenvalue weighted by atomic mass is 9.88. The first kappa shape index (κ1) is 8.99. The average Bonchev–Trinajstić information content (AvgIpc) is 2.18. The molecule has 0 saturated carbocycles. The number of nitrogens with one attached hydrogen (secondary N) is 1. The van der Waals surface area contributed by atoms with Crippen LogP contribution in [0, 0.1) is 0 Å². The molecule has 0 aromatic carbocycles. The smallest absolute Gasteiger partial charge is 0.333 e. The number of carbonyl (C=O) groups excluding carboxylic acids is 1. The third kappa shape index (κ3) is 1.43. The molecule has 14 heavy (non-hydrogen) atoms. The summed E-state index contributed by atoms with van der Waals surface area (Å²) in [5.74, 6) is -0.868. The van der Waals surface area contributed by atoms with Crippen LogP contribution < -0.4 is 5.32 Å². The second-order valence-electron chi connectivity index (χ2n) is 3.53. The predicted octanol–water partition coefficient (Wildman–Crippen LogP) is 0.955. The van der Waals surface area contributed by atoms with E-state index in [4.69, 9.17) is 5.11 Å². The Balaban J connectivity index is 2.24. The highest BCUT2D eigenvalue weighted by Gasteiger charge is 2.25. The summed E-state index contributed by atoms with van der Waals surface area (Å²) >= 11 is 0. The second kappa shape index (κ2) is 3.29. The van der Waals surface area contributed by atoms with Crippen LogP contribution in [0.2, 0.25) is 0 Å². The molecule has 1 aliphatic heterocycles. The number of hydrogen-bond donors (Lipinski definition) is 2. The van der Waals surface area contributed by atoms with Crippen molar-refractivity contribution in [1.29, 1.82) is 0 Å². The van der Waals surface area contributed by atoms with Crippen LogP contribution in [0.25, 0.3) is 0 Å². The number of rotatable bonds is 1. The molecule has 0 bridgehead atoms. The van der Waals surface area contributed by atoms with Crippen LogP contribution in [0.15, 0.2) is 23.0 Å². The first-order valence-electron chi connectivity index (χ1n) is 4.62. The van der Waals surface area contributed by atoms with E-state index in [-0.39, 0.29) is 17.8 Å². The molecule has 0 unspecified atom stereocenters. The van der Waals surface area contributed by atoms with Gasteiger partial charge in [0.15, 0.2) is 5.78 Å². The van der Waals surface area contributed by atoms with Crippen LogP contribution in [0.4, 0.5) is 0 Å². The second-order valence-corrected chi connectivity index (χ2v) is 3.53. The van der Waals surface area contributed by atoms with Crippen molar-refractivity contribution in [3.8, 4) is 0 Å². The van der Waals surface area contributed by atoms with Gasteiger partial charge in [0.05, 0.1) is 5.57 Å². The van der Waals surface area contributed by atoms with Crippen LogP contribution in [0.5, 0.6) is 0 Å². The molecule has 0 fully saturated rings. The average molecular weight is 193 g/mol. The number of hydrogen-bond acceptors (Lipinski definition) is 3. The lowest BCUT2D eigenvalue weighted by molar-refractivity contribution is -0.132. The number of Topliss-reactive ketones (excluding diaryl/α,β-unsaturated/α-hetero) is 1. The van der Waals surface area contributed by atoms with E-state index in [0.29, 0.717) is 12.0 Å². The van der Waals surface area contributed by atoms with Gasteiger partial charge in [-0.15, -0.1) is 0 Å². The van der Waals surface area contributed by atoms with Gasteiger partial charge in [0, 0.05) is 30.3 Å². The Kier molecular flexibility index (Phi) is 2.11. The number of dihydropyridines is 1. The van der Waals surface area contributed by atoms with Crippen LogP contribution in [0.1, 0.15) is 25.7 Å². The van der Waals surface area contributed by atoms with E-state index in [9.17, 15) is 9.59 Å². The van der Waals surface area contributed by atoms with Gasteiger partial charge in [0.2, 0.25) is 0 Å². The summed E-state index contributed by atoms with van der Waals surface area (Å²) in [5, 5.41) is 11.7. The van der Waals surface area contributed by atoms with Crippen molar-refractivity contribution in [2.24, 2.45) is 0 Å². The van der Waals surface area contributed by atoms with Crippen molar-refractivity contribution in [3.63, 3.8) is 0 Å². The highest BCUT2D eigenvalue weighted by molar-refractivity contribution is 6.00. The van der Waals surface area contributed by atoms with E-state index < -0.39 is 5.97 Å². The minimum atomic E-state index is -0.956. The SMILES string of the molecule is O=C(O)C1=CNC2=C(C1)C(=O)CCC2. The molecule has 0 aromatic rings. The van der Waals surface area contributed by atoms with Gasteiger partial charge < -0.3 is 10.4 Å². The number of aliphatic carboxylic acids is 1. The van der Waals surface area contributed by atoms with Crippen molar-refractivity contribution < 1.29 is 14.7 Å². The fourth-order valence-electron chi connectivity index (χ4n) is 1.81. The van der Waals surface area contributed by atoms with Crippen molar-refractivity contribution in [3.05, 3.63) is 23.0 Å². The molecule has 4 nitrogen and oxygen atoms in total. The van der Waals surface area contributed by atoms with Crippen LogP contribution in [-0.2, 0) is 9.59 Å². The predicted molar refractivity (Wildman–Crippen MR) is 49.4 cm³/mol. The summed E-state index contributed by atoms with van der Waals surface area (Å²) in [6, 6.07) is 0. The Morgan fingerprint density at radius 1 is 1.43 bits per heavy atom. The summed E-state index contributed by atoms with van der Waals surface area (Å²) in [7, 11) is 0. The van der Waals surface area contributed by atoms with Crippen molar-refractivity contribution in [2.75, 3.05) is 0 Å². The summed E-state index contributed by atoms with van der Waals surface area (Å²) in [6.45, 7) is 0. The Labute approximate surface area is 81.3 Å². The molecular formula is C10H11NO3. The van der Waals surface area contributed by atoms with Gasteiger partial charge in [-0.3, -0.25) is 4.79 Å². The first-order chi connectivity index (χ1) is 6.68. The maximum absolute atomic E-state index is 11.5. The molecule has 2 N–H and O–H groups in total. The highest BCUT2D eigenvalue weighted by Crippen LogP contribution is 2.28. The minimum Gasteiger partial charge on any atom is -0.478 e. The van der Waals surface area contributed by atoms with Gasteiger partial charge in [0.1, 0.15) is 0 Å². The monoisotopic (exact) mass is 193 g/mol.